The first-order chi connectivity index (χ1) is 11.5. The molecule has 0 amide bonds. The molecule has 6 heteroatoms. The van der Waals surface area contributed by atoms with Crippen molar-refractivity contribution in [3.05, 3.63) is 77.8 Å². The number of benzene rings is 3. The van der Waals surface area contributed by atoms with Crippen molar-refractivity contribution in [3.63, 3.8) is 0 Å². The monoisotopic (exact) mass is 336 g/mol. The molecule has 3 aromatic rings. The number of Topliss-reactive ketones (excluding diaryl/α,β-unsaturated/α-hetero) is 1. The van der Waals surface area contributed by atoms with Gasteiger partial charge in [-0.1, -0.05) is 42.5 Å². The molecule has 5 nitrogen and oxygen atoms in total. The molecule has 0 bridgehead atoms. The first-order valence-electron chi connectivity index (χ1n) is 7.09. The van der Waals surface area contributed by atoms with Gasteiger partial charge in [-0.15, -0.1) is 0 Å². The normalized spacial score (nSPS) is 11.0. The fraction of sp³-hybridized carbons (Fsp3) is 0. The lowest BCUT2D eigenvalue weighted by Crippen LogP contribution is -2.11. The van der Waals surface area contributed by atoms with Crippen LogP contribution in [0.15, 0.2) is 76.5 Å². The van der Waals surface area contributed by atoms with Gasteiger partial charge in [-0.05, 0) is 35.0 Å². The highest BCUT2D eigenvalue weighted by molar-refractivity contribution is 7.91. The predicted molar refractivity (Wildman–Crippen MR) is 89.9 cm³/mol. The zero-order valence-corrected chi connectivity index (χ0v) is 13.3. The van der Waals surface area contributed by atoms with Gasteiger partial charge in [0.1, 0.15) is 0 Å². The van der Waals surface area contributed by atoms with E-state index in [4.69, 9.17) is 5.53 Å². The Morgan fingerprint density at radius 1 is 0.917 bits per heavy atom. The van der Waals surface area contributed by atoms with Crippen molar-refractivity contribution in [1.29, 1.82) is 0 Å². The van der Waals surface area contributed by atoms with Crippen LogP contribution in [0.1, 0.15) is 10.4 Å². The summed E-state index contributed by atoms with van der Waals surface area (Å²) in [5.74, 6) is -0.683. The number of rotatable bonds is 4. The Morgan fingerprint density at radius 3 is 2.33 bits per heavy atom. The molecule has 0 saturated carbocycles. The predicted octanol–water partition coefficient (Wildman–Crippen LogP) is 3.16. The largest absolute Gasteiger partial charge is 0.361 e. The first-order valence-corrected chi connectivity index (χ1v) is 8.57. The van der Waals surface area contributed by atoms with Crippen molar-refractivity contribution in [2.24, 2.45) is 0 Å². The van der Waals surface area contributed by atoms with Crippen LogP contribution in [-0.2, 0) is 9.84 Å². The molecule has 0 N–H and O–H groups in total. The highest BCUT2D eigenvalue weighted by Crippen LogP contribution is 2.27. The number of sulfone groups is 1. The Hall–Kier alpha value is -3.08. The summed E-state index contributed by atoms with van der Waals surface area (Å²) in [6, 6.07) is 18.1. The fourth-order valence-electron chi connectivity index (χ4n) is 2.49. The molecule has 0 aliphatic rings. The van der Waals surface area contributed by atoms with E-state index in [0.717, 1.165) is 10.8 Å². The summed E-state index contributed by atoms with van der Waals surface area (Å²) in [5, 5.41) is 1.72. The number of carbonyl (C=O) groups excluding carboxylic acids is 1. The summed E-state index contributed by atoms with van der Waals surface area (Å²) >= 11 is 0. The summed E-state index contributed by atoms with van der Waals surface area (Å²) in [6.07, 6.45) is 0.675. The summed E-state index contributed by atoms with van der Waals surface area (Å²) in [7, 11) is -3.89. The van der Waals surface area contributed by atoms with Gasteiger partial charge in [0, 0.05) is 5.56 Å². The van der Waals surface area contributed by atoms with Crippen molar-refractivity contribution >= 4 is 32.6 Å². The molecule has 0 aromatic heterocycles. The van der Waals surface area contributed by atoms with Crippen molar-refractivity contribution in [1.82, 2.24) is 0 Å². The van der Waals surface area contributed by atoms with Crippen LogP contribution in [0.4, 0.5) is 0 Å². The number of ketones is 1. The second-order valence-corrected chi connectivity index (χ2v) is 7.04. The molecule has 0 unspecified atom stereocenters. The van der Waals surface area contributed by atoms with Crippen LogP contribution >= 0.6 is 0 Å². The Kier molecular flexibility index (Phi) is 4.08. The third kappa shape index (κ3) is 2.76. The molecule has 0 spiro atoms. The Labute approximate surface area is 138 Å². The van der Waals surface area contributed by atoms with E-state index in [1.54, 1.807) is 24.3 Å². The van der Waals surface area contributed by atoms with Crippen LogP contribution in [0.2, 0.25) is 0 Å². The lowest BCUT2D eigenvalue weighted by Gasteiger charge is -2.09. The SMILES string of the molecule is [N-]=[N+]=CC(=O)c1ccccc1S(=O)(=O)c1ccc2ccccc2c1. The second kappa shape index (κ2) is 6.20. The maximum atomic E-state index is 12.9. The number of carbonyl (C=O) groups is 1. The lowest BCUT2D eigenvalue weighted by atomic mass is 10.1. The van der Waals surface area contributed by atoms with Gasteiger partial charge in [-0.25, -0.2) is 8.42 Å². The summed E-state index contributed by atoms with van der Waals surface area (Å²) in [4.78, 5) is 14.6. The summed E-state index contributed by atoms with van der Waals surface area (Å²) in [5.41, 5.74) is 8.49. The standard InChI is InChI=1S/C18H12N2O3S/c19-20-12-17(21)16-7-3-4-8-18(16)24(22,23)15-10-9-13-5-1-2-6-14(13)11-15/h1-12H. The minimum Gasteiger partial charge on any atom is -0.361 e. The molecule has 118 valence electrons. The topological polar surface area (TPSA) is 87.6 Å². The third-order valence-corrected chi connectivity index (χ3v) is 5.46. The molecular formula is C18H12N2O3S. The number of fused-ring (bicyclic) bond motifs is 1. The van der Waals surface area contributed by atoms with Crippen LogP contribution in [0.5, 0.6) is 0 Å². The maximum Gasteiger partial charge on any atom is 0.328 e. The van der Waals surface area contributed by atoms with Crippen LogP contribution in [0.25, 0.3) is 16.3 Å². The van der Waals surface area contributed by atoms with Gasteiger partial charge in [0.15, 0.2) is 0 Å². The Bertz CT molecular complexity index is 1100. The van der Waals surface area contributed by atoms with E-state index in [0.29, 0.717) is 6.21 Å². The quantitative estimate of drug-likeness (QED) is 0.317. The highest BCUT2D eigenvalue weighted by Gasteiger charge is 2.24. The fourth-order valence-corrected chi connectivity index (χ4v) is 3.99. The molecule has 0 heterocycles. The highest BCUT2D eigenvalue weighted by atomic mass is 32.2. The molecule has 24 heavy (non-hydrogen) atoms. The third-order valence-electron chi connectivity index (χ3n) is 3.65. The number of nitrogens with zero attached hydrogens (tertiary/aromatic N) is 2. The molecular weight excluding hydrogens is 324 g/mol. The number of hydrogen-bond acceptors (Lipinski definition) is 3. The van der Waals surface area contributed by atoms with E-state index < -0.39 is 15.6 Å². The van der Waals surface area contributed by atoms with Gasteiger partial charge in [0.05, 0.1) is 9.79 Å². The van der Waals surface area contributed by atoms with Crippen LogP contribution in [-0.4, -0.2) is 25.2 Å². The van der Waals surface area contributed by atoms with E-state index in [-0.39, 0.29) is 15.4 Å². The van der Waals surface area contributed by atoms with Gasteiger partial charge < -0.3 is 5.53 Å². The molecule has 0 aliphatic carbocycles. The average molecular weight is 336 g/mol. The van der Waals surface area contributed by atoms with Crippen molar-refractivity contribution in [2.45, 2.75) is 9.79 Å². The molecule has 0 aliphatic heterocycles. The van der Waals surface area contributed by atoms with Gasteiger partial charge >= 0.3 is 6.21 Å². The van der Waals surface area contributed by atoms with Crippen LogP contribution in [0.3, 0.4) is 0 Å². The summed E-state index contributed by atoms with van der Waals surface area (Å²) < 4.78 is 25.9. The van der Waals surface area contributed by atoms with Gasteiger partial charge in [-0.3, -0.25) is 4.79 Å². The smallest absolute Gasteiger partial charge is 0.328 e. The van der Waals surface area contributed by atoms with E-state index in [1.807, 2.05) is 24.3 Å². The molecule has 0 atom stereocenters. The maximum absolute atomic E-state index is 12.9. The van der Waals surface area contributed by atoms with E-state index in [1.165, 1.54) is 18.2 Å². The summed E-state index contributed by atoms with van der Waals surface area (Å²) in [6.45, 7) is 0. The minimum absolute atomic E-state index is 0.0385. The molecule has 0 saturated heterocycles. The van der Waals surface area contributed by atoms with Crippen molar-refractivity contribution < 1.29 is 18.0 Å². The minimum atomic E-state index is -3.89. The number of hydrogen-bond donors (Lipinski definition) is 0. The zero-order valence-electron chi connectivity index (χ0n) is 12.5. The van der Waals surface area contributed by atoms with E-state index >= 15 is 0 Å². The van der Waals surface area contributed by atoms with E-state index in [9.17, 15) is 13.2 Å². The molecule has 3 aromatic carbocycles. The molecule has 0 radical (unpaired) electrons. The first kappa shape index (κ1) is 15.8. The Balaban J connectivity index is 2.20. The Morgan fingerprint density at radius 2 is 1.58 bits per heavy atom. The van der Waals surface area contributed by atoms with Crippen LogP contribution in [0, 0.1) is 0 Å². The molecule has 0 fully saturated rings. The van der Waals surface area contributed by atoms with Gasteiger partial charge in [-0.2, -0.15) is 4.79 Å². The van der Waals surface area contributed by atoms with Crippen molar-refractivity contribution in [3.8, 4) is 0 Å². The van der Waals surface area contributed by atoms with Gasteiger partial charge in [0.2, 0.25) is 9.84 Å². The average Bonchev–Trinajstić information content (AvgIpc) is 2.61. The zero-order chi connectivity index (χ0) is 17.2. The lowest BCUT2D eigenvalue weighted by molar-refractivity contribution is 0.00232. The van der Waals surface area contributed by atoms with E-state index in [2.05, 4.69) is 4.79 Å². The molecule has 3 rings (SSSR count). The van der Waals surface area contributed by atoms with Gasteiger partial charge in [0.25, 0.3) is 5.78 Å². The second-order valence-electron chi connectivity index (χ2n) is 5.12. The van der Waals surface area contributed by atoms with Crippen molar-refractivity contribution in [2.75, 3.05) is 0 Å². The van der Waals surface area contributed by atoms with Crippen LogP contribution < -0.4 is 0 Å².